The number of amides is 1. The molecule has 34 heavy (non-hydrogen) atoms. The van der Waals surface area contributed by atoms with E-state index in [9.17, 15) is 20.2 Å². The predicted molar refractivity (Wildman–Crippen MR) is 130 cm³/mol. The summed E-state index contributed by atoms with van der Waals surface area (Å²) in [5.41, 5.74) is 4.71. The Bertz CT molecular complexity index is 1310. The Kier molecular flexibility index (Phi) is 7.04. The number of nitrogens with two attached hydrogens (primary N) is 1. The number of nitrogen functional groups attached to an aromatic ring is 1. The Hall–Kier alpha value is -3.96. The highest BCUT2D eigenvalue weighted by atomic mass is 32.2. The molecule has 12 nitrogen and oxygen atoms in total. The second-order valence-corrected chi connectivity index (χ2v) is 9.31. The normalized spacial score (nSPS) is 12.8. The van der Waals surface area contributed by atoms with Crippen molar-refractivity contribution in [2.24, 2.45) is 5.10 Å². The minimum absolute atomic E-state index is 0.0275. The number of nitrogens with zero attached hydrogens (tertiary/aromatic N) is 6. The fraction of sp³-hybridized carbons (Fsp3) is 0.250. The molecule has 2 aromatic heterocycles. The monoisotopic (exact) mass is 497 g/mol. The zero-order chi connectivity index (χ0) is 24.1. The number of aromatic nitrogens is 3. The SMILES string of the molecule is N#Cc1c(NC(=O)CSc2nnc(N/N=C/c3cccc([N+](=O)[O-])c3)n2N)sc2c1CCCC2. The van der Waals surface area contributed by atoms with Crippen molar-refractivity contribution < 1.29 is 9.72 Å². The smallest absolute Gasteiger partial charge is 0.270 e. The van der Waals surface area contributed by atoms with Gasteiger partial charge >= 0.3 is 0 Å². The third-order valence-electron chi connectivity index (χ3n) is 4.99. The van der Waals surface area contributed by atoms with Gasteiger partial charge in [0.05, 0.1) is 22.5 Å². The Labute approximate surface area is 202 Å². The Morgan fingerprint density at radius 3 is 3.03 bits per heavy atom. The zero-order valence-electron chi connectivity index (χ0n) is 17.7. The number of thiophene rings is 1. The van der Waals surface area contributed by atoms with E-state index in [1.165, 1.54) is 34.6 Å². The molecule has 3 aromatic rings. The Morgan fingerprint density at radius 1 is 1.41 bits per heavy atom. The lowest BCUT2D eigenvalue weighted by Gasteiger charge is -2.09. The summed E-state index contributed by atoms with van der Waals surface area (Å²) < 4.78 is 1.15. The van der Waals surface area contributed by atoms with Gasteiger partial charge < -0.3 is 11.2 Å². The van der Waals surface area contributed by atoms with Crippen molar-refractivity contribution in [1.29, 1.82) is 5.26 Å². The zero-order valence-corrected chi connectivity index (χ0v) is 19.4. The molecule has 4 rings (SSSR count). The number of carbonyl (C=O) groups excluding carboxylic acids is 1. The summed E-state index contributed by atoms with van der Waals surface area (Å²) in [7, 11) is 0. The first kappa shape index (κ1) is 23.2. The van der Waals surface area contributed by atoms with Crippen LogP contribution < -0.4 is 16.6 Å². The van der Waals surface area contributed by atoms with Crippen LogP contribution in [0.5, 0.6) is 0 Å². The van der Waals surface area contributed by atoms with Crippen molar-refractivity contribution in [3.05, 3.63) is 55.9 Å². The van der Waals surface area contributed by atoms with E-state index >= 15 is 0 Å². The average molecular weight is 498 g/mol. The molecule has 174 valence electrons. The molecule has 0 unspecified atom stereocenters. The van der Waals surface area contributed by atoms with Crippen LogP contribution in [0.3, 0.4) is 0 Å². The van der Waals surface area contributed by atoms with Gasteiger partial charge in [0.2, 0.25) is 11.1 Å². The number of rotatable bonds is 8. The lowest BCUT2D eigenvalue weighted by atomic mass is 9.96. The molecule has 1 amide bonds. The first-order chi connectivity index (χ1) is 16.5. The molecule has 0 atom stereocenters. The maximum atomic E-state index is 12.5. The van der Waals surface area contributed by atoms with Gasteiger partial charge in [0.25, 0.3) is 11.6 Å². The van der Waals surface area contributed by atoms with E-state index in [0.29, 0.717) is 16.1 Å². The number of thioether (sulfide) groups is 1. The number of nitrogens with one attached hydrogen (secondary N) is 2. The van der Waals surface area contributed by atoms with Crippen LogP contribution in [0.2, 0.25) is 0 Å². The van der Waals surface area contributed by atoms with Gasteiger partial charge in [-0.1, -0.05) is 23.9 Å². The lowest BCUT2D eigenvalue weighted by Crippen LogP contribution is -2.17. The summed E-state index contributed by atoms with van der Waals surface area (Å²) >= 11 is 2.55. The van der Waals surface area contributed by atoms with Crippen LogP contribution in [0.25, 0.3) is 0 Å². The largest absolute Gasteiger partial charge is 0.334 e. The van der Waals surface area contributed by atoms with E-state index in [0.717, 1.165) is 47.7 Å². The number of nitro benzene ring substituents is 1. The van der Waals surface area contributed by atoms with E-state index in [1.807, 2.05) is 0 Å². The number of nitriles is 1. The summed E-state index contributed by atoms with van der Waals surface area (Å²) in [6.45, 7) is 0. The van der Waals surface area contributed by atoms with Gasteiger partial charge in [-0.3, -0.25) is 14.9 Å². The van der Waals surface area contributed by atoms with Crippen LogP contribution in [0.1, 0.15) is 34.4 Å². The van der Waals surface area contributed by atoms with Crippen molar-refractivity contribution in [3.8, 4) is 6.07 Å². The van der Waals surface area contributed by atoms with Gasteiger partial charge in [0, 0.05) is 22.6 Å². The molecule has 0 aliphatic heterocycles. The maximum Gasteiger partial charge on any atom is 0.270 e. The van der Waals surface area contributed by atoms with E-state index in [4.69, 9.17) is 5.84 Å². The second kappa shape index (κ2) is 10.3. The fourth-order valence-corrected chi connectivity index (χ4v) is 5.31. The van der Waals surface area contributed by atoms with Gasteiger partial charge in [0.1, 0.15) is 11.1 Å². The molecule has 0 saturated heterocycles. The minimum Gasteiger partial charge on any atom is -0.334 e. The van der Waals surface area contributed by atoms with Crippen LogP contribution in [0.4, 0.5) is 16.6 Å². The summed E-state index contributed by atoms with van der Waals surface area (Å²) in [5, 5.41) is 35.9. The number of nitro groups is 1. The lowest BCUT2D eigenvalue weighted by molar-refractivity contribution is -0.384. The van der Waals surface area contributed by atoms with Crippen LogP contribution in [-0.2, 0) is 17.6 Å². The standard InChI is InChI=1S/C20H19N9O3S2/c21-9-15-14-6-1-2-7-16(14)34-18(15)24-17(30)11-33-20-27-26-19(28(20)22)25-23-10-12-4-3-5-13(8-12)29(31)32/h3-5,8,10H,1-2,6-7,11,22H2,(H,24,30)(H,25,26)/b23-10+. The van der Waals surface area contributed by atoms with Crippen LogP contribution >= 0.6 is 23.1 Å². The van der Waals surface area contributed by atoms with E-state index in [-0.39, 0.29) is 28.5 Å². The van der Waals surface area contributed by atoms with Crippen molar-refractivity contribution in [2.45, 2.75) is 30.8 Å². The first-order valence-corrected chi connectivity index (χ1v) is 12.0. The van der Waals surface area contributed by atoms with Crippen LogP contribution in [0, 0.1) is 21.4 Å². The molecule has 1 aliphatic rings. The topological polar surface area (TPSA) is 177 Å². The molecule has 0 bridgehead atoms. The van der Waals surface area contributed by atoms with Crippen LogP contribution in [-0.4, -0.2) is 37.7 Å². The number of carbonyl (C=O) groups is 1. The highest BCUT2D eigenvalue weighted by Crippen LogP contribution is 2.37. The quantitative estimate of drug-likeness (QED) is 0.139. The first-order valence-electron chi connectivity index (χ1n) is 10.2. The fourth-order valence-electron chi connectivity index (χ4n) is 3.40. The third kappa shape index (κ3) is 5.16. The van der Waals surface area contributed by atoms with E-state index in [1.54, 1.807) is 12.1 Å². The van der Waals surface area contributed by atoms with Crippen molar-refractivity contribution in [1.82, 2.24) is 14.9 Å². The molecule has 0 radical (unpaired) electrons. The number of non-ortho nitro benzene ring substituents is 1. The van der Waals surface area contributed by atoms with Crippen molar-refractivity contribution >= 4 is 51.9 Å². The summed E-state index contributed by atoms with van der Waals surface area (Å²) in [4.78, 5) is 24.0. The molecular weight excluding hydrogens is 478 g/mol. The summed E-state index contributed by atoms with van der Waals surface area (Å²) in [6.07, 6.45) is 5.35. The highest BCUT2D eigenvalue weighted by Gasteiger charge is 2.22. The van der Waals surface area contributed by atoms with Crippen molar-refractivity contribution in [2.75, 3.05) is 22.3 Å². The number of anilines is 2. The molecular formula is C20H19N9O3S2. The summed E-state index contributed by atoms with van der Waals surface area (Å²) in [5.74, 6) is 5.85. The minimum atomic E-state index is -0.491. The van der Waals surface area contributed by atoms with Crippen molar-refractivity contribution in [3.63, 3.8) is 0 Å². The van der Waals surface area contributed by atoms with E-state index in [2.05, 4.69) is 32.1 Å². The maximum absolute atomic E-state index is 12.5. The molecule has 1 aromatic carbocycles. The summed E-state index contributed by atoms with van der Waals surface area (Å²) in [6, 6.07) is 8.19. The molecule has 0 fully saturated rings. The highest BCUT2D eigenvalue weighted by molar-refractivity contribution is 7.99. The van der Waals surface area contributed by atoms with Gasteiger partial charge in [-0.15, -0.1) is 21.5 Å². The molecule has 2 heterocycles. The predicted octanol–water partition coefficient (Wildman–Crippen LogP) is 2.89. The van der Waals surface area contributed by atoms with Gasteiger partial charge in [-0.05, 0) is 31.2 Å². The Balaban J connectivity index is 1.33. The Morgan fingerprint density at radius 2 is 2.24 bits per heavy atom. The molecule has 0 spiro atoms. The third-order valence-corrected chi connectivity index (χ3v) is 7.14. The number of hydrogen-bond acceptors (Lipinski definition) is 11. The molecule has 14 heteroatoms. The number of benzene rings is 1. The average Bonchev–Trinajstić information content (AvgIpc) is 3.37. The number of hydrazone groups is 1. The number of hydrogen-bond donors (Lipinski definition) is 3. The second-order valence-electron chi connectivity index (χ2n) is 7.26. The molecule has 4 N–H and O–H groups in total. The number of aryl methyl sites for hydroxylation is 1. The van der Waals surface area contributed by atoms with Crippen LogP contribution in [0.15, 0.2) is 34.5 Å². The number of fused-ring (bicyclic) bond motifs is 1. The van der Waals surface area contributed by atoms with Gasteiger partial charge in [-0.25, -0.2) is 10.1 Å². The molecule has 1 aliphatic carbocycles. The molecule has 0 saturated carbocycles. The van der Waals surface area contributed by atoms with Gasteiger partial charge in [-0.2, -0.15) is 10.4 Å². The van der Waals surface area contributed by atoms with Gasteiger partial charge in [0.15, 0.2) is 0 Å². The van der Waals surface area contributed by atoms with E-state index < -0.39 is 4.92 Å².